The first-order valence-corrected chi connectivity index (χ1v) is 16.1. The maximum Gasteiger partial charge on any atom is 0.192 e. The molecule has 0 heterocycles. The summed E-state index contributed by atoms with van der Waals surface area (Å²) >= 11 is 0. The van der Waals surface area contributed by atoms with Gasteiger partial charge in [0.15, 0.2) is 8.32 Å². The molecular weight excluding hydrogens is 415 g/mol. The number of hydrogen-bond donors (Lipinski definition) is 0. The van der Waals surface area contributed by atoms with E-state index in [9.17, 15) is 4.57 Å². The first-order valence-electron chi connectivity index (χ1n) is 11.3. The molecule has 0 amide bonds. The fourth-order valence-corrected chi connectivity index (χ4v) is 7.74. The lowest BCUT2D eigenvalue weighted by Gasteiger charge is -2.41. The Morgan fingerprint density at radius 2 is 1.55 bits per heavy atom. The Morgan fingerprint density at radius 3 is 2.03 bits per heavy atom. The van der Waals surface area contributed by atoms with Gasteiger partial charge in [-0.1, -0.05) is 99.7 Å². The molecule has 1 saturated carbocycles. The molecule has 0 saturated heterocycles. The van der Waals surface area contributed by atoms with Gasteiger partial charge in [-0.3, -0.25) is 0 Å². The smallest absolute Gasteiger partial charge is 0.192 e. The van der Waals surface area contributed by atoms with Crippen molar-refractivity contribution in [2.45, 2.75) is 64.3 Å². The van der Waals surface area contributed by atoms with Gasteiger partial charge in [0.05, 0.1) is 0 Å². The maximum atomic E-state index is 14.3. The van der Waals surface area contributed by atoms with Gasteiger partial charge in [0, 0.05) is 22.9 Å². The molecule has 0 unspecified atom stereocenters. The van der Waals surface area contributed by atoms with Crippen LogP contribution in [0.1, 0.15) is 40.0 Å². The van der Waals surface area contributed by atoms with Crippen LogP contribution in [-0.2, 0) is 8.99 Å². The summed E-state index contributed by atoms with van der Waals surface area (Å²) in [5, 5.41) is 2.02. The molecule has 2 aromatic carbocycles. The minimum atomic E-state index is -2.75. The lowest BCUT2D eigenvalue weighted by molar-refractivity contribution is 0.164. The van der Waals surface area contributed by atoms with E-state index >= 15 is 0 Å². The van der Waals surface area contributed by atoms with Crippen LogP contribution in [0.25, 0.3) is 0 Å². The molecule has 31 heavy (non-hydrogen) atoms. The van der Waals surface area contributed by atoms with E-state index in [0.29, 0.717) is 6.16 Å². The van der Waals surface area contributed by atoms with Crippen molar-refractivity contribution in [3.8, 4) is 0 Å². The maximum absolute atomic E-state index is 14.3. The van der Waals surface area contributed by atoms with E-state index in [1.807, 2.05) is 60.7 Å². The van der Waals surface area contributed by atoms with Crippen LogP contribution in [0, 0.1) is 0 Å². The van der Waals surface area contributed by atoms with E-state index in [1.54, 1.807) is 0 Å². The van der Waals surface area contributed by atoms with Crippen molar-refractivity contribution in [3.05, 3.63) is 84.5 Å². The van der Waals surface area contributed by atoms with Crippen molar-refractivity contribution in [2.24, 2.45) is 0 Å². The van der Waals surface area contributed by atoms with Gasteiger partial charge in [0.25, 0.3) is 0 Å². The van der Waals surface area contributed by atoms with Crippen LogP contribution in [0.5, 0.6) is 0 Å². The fourth-order valence-electron chi connectivity index (χ4n) is 3.85. The third-order valence-electron chi connectivity index (χ3n) is 6.88. The van der Waals surface area contributed by atoms with Crippen LogP contribution in [0.3, 0.4) is 0 Å². The summed E-state index contributed by atoms with van der Waals surface area (Å²) in [6.07, 6.45) is 5.77. The molecule has 4 heteroatoms. The second-order valence-corrected chi connectivity index (χ2v) is 17.8. The van der Waals surface area contributed by atoms with E-state index in [2.05, 4.69) is 46.5 Å². The molecule has 0 aromatic heterocycles. The van der Waals surface area contributed by atoms with Gasteiger partial charge in [0.1, 0.15) is 7.14 Å². The summed E-state index contributed by atoms with van der Waals surface area (Å²) in [4.78, 5) is 0. The number of allylic oxidation sites excluding steroid dienone is 2. The van der Waals surface area contributed by atoms with Crippen molar-refractivity contribution < 1.29 is 8.99 Å². The average molecular weight is 453 g/mol. The Bertz CT molecular complexity index is 928. The summed E-state index contributed by atoms with van der Waals surface area (Å²) in [6.45, 7) is 15.8. The Balaban J connectivity index is 1.86. The molecule has 2 aromatic rings. The third kappa shape index (κ3) is 5.58. The van der Waals surface area contributed by atoms with Crippen molar-refractivity contribution >= 4 is 26.1 Å². The predicted molar refractivity (Wildman–Crippen MR) is 138 cm³/mol. The van der Waals surface area contributed by atoms with Gasteiger partial charge in [-0.15, -0.1) is 0 Å². The molecule has 1 atom stereocenters. The van der Waals surface area contributed by atoms with Gasteiger partial charge >= 0.3 is 0 Å². The van der Waals surface area contributed by atoms with Crippen LogP contribution in [0.2, 0.25) is 18.1 Å². The highest BCUT2D eigenvalue weighted by Gasteiger charge is 2.40. The van der Waals surface area contributed by atoms with Crippen LogP contribution >= 0.6 is 7.14 Å². The molecule has 3 rings (SSSR count). The Morgan fingerprint density at radius 1 is 1.03 bits per heavy atom. The van der Waals surface area contributed by atoms with Crippen LogP contribution < -0.4 is 10.6 Å². The number of benzene rings is 2. The molecule has 0 N–H and O–H groups in total. The summed E-state index contributed by atoms with van der Waals surface area (Å²) in [6, 6.07) is 19.8. The van der Waals surface area contributed by atoms with E-state index in [-0.39, 0.29) is 11.1 Å². The summed E-state index contributed by atoms with van der Waals surface area (Å²) in [5.74, 6) is 0. The van der Waals surface area contributed by atoms with Gasteiger partial charge in [-0.05, 0) is 43.0 Å². The zero-order chi connectivity index (χ0) is 22.7. The quantitative estimate of drug-likeness (QED) is 0.346. The van der Waals surface area contributed by atoms with Crippen molar-refractivity contribution in [2.75, 3.05) is 6.16 Å². The molecular formula is C27H37O2PSi. The summed E-state index contributed by atoms with van der Waals surface area (Å²) in [5.41, 5.74) is 2.39. The highest BCUT2D eigenvalue weighted by molar-refractivity contribution is 7.78. The molecule has 1 aliphatic rings. The largest absolute Gasteiger partial charge is 0.414 e. The van der Waals surface area contributed by atoms with Gasteiger partial charge in [0.2, 0.25) is 0 Å². The van der Waals surface area contributed by atoms with Gasteiger partial charge < -0.3 is 8.99 Å². The summed E-state index contributed by atoms with van der Waals surface area (Å²) < 4.78 is 21.0. The van der Waals surface area contributed by atoms with Crippen LogP contribution in [-0.4, -0.2) is 20.6 Å². The molecule has 0 aliphatic heterocycles. The fraction of sp³-hybridized carbons (Fsp3) is 0.407. The summed E-state index contributed by atoms with van der Waals surface area (Å²) in [7, 11) is -4.57. The van der Waals surface area contributed by atoms with Gasteiger partial charge in [-0.2, -0.15) is 0 Å². The van der Waals surface area contributed by atoms with E-state index in [4.69, 9.17) is 4.43 Å². The van der Waals surface area contributed by atoms with Gasteiger partial charge in [-0.25, -0.2) is 0 Å². The zero-order valence-electron chi connectivity index (χ0n) is 19.7. The Kier molecular flexibility index (Phi) is 7.31. The predicted octanol–water partition coefficient (Wildman–Crippen LogP) is 7.06. The minimum Gasteiger partial charge on any atom is -0.414 e. The van der Waals surface area contributed by atoms with E-state index < -0.39 is 15.5 Å². The zero-order valence-corrected chi connectivity index (χ0v) is 21.6. The van der Waals surface area contributed by atoms with E-state index in [1.165, 1.54) is 11.1 Å². The highest BCUT2D eigenvalue weighted by Crippen LogP contribution is 2.45. The SMILES string of the molecule is C=C1CC[C@H](O[Si](C)(C)C(C)(C)C)CC1=CCP(=O)(c1ccccc1)c1ccccc1. The second kappa shape index (κ2) is 9.44. The second-order valence-electron chi connectivity index (χ2n) is 10.2. The van der Waals surface area contributed by atoms with E-state index in [0.717, 1.165) is 29.9 Å². The van der Waals surface area contributed by atoms with Crippen LogP contribution in [0.4, 0.5) is 0 Å². The molecule has 166 valence electrons. The number of hydrogen-bond acceptors (Lipinski definition) is 2. The minimum absolute atomic E-state index is 0.196. The average Bonchev–Trinajstić information content (AvgIpc) is 2.74. The van der Waals surface area contributed by atoms with Crippen molar-refractivity contribution in [3.63, 3.8) is 0 Å². The highest BCUT2D eigenvalue weighted by atomic mass is 31.2. The standard InChI is InChI=1S/C27H37O2PSi/c1-22-17-18-24(29-31(5,6)27(2,3)4)21-23(22)19-20-30(28,25-13-9-7-10-14-25)26-15-11-8-12-16-26/h7-16,19,24H,1,17-18,20-21H2,2-6H3/t24-/m0/s1. The topological polar surface area (TPSA) is 26.3 Å². The van der Waals surface area contributed by atoms with Crippen molar-refractivity contribution in [1.82, 2.24) is 0 Å². The molecule has 1 aliphatic carbocycles. The molecule has 0 spiro atoms. The Labute approximate surface area is 189 Å². The molecule has 1 fully saturated rings. The molecule has 0 bridgehead atoms. The van der Waals surface area contributed by atoms with Crippen molar-refractivity contribution in [1.29, 1.82) is 0 Å². The lowest BCUT2D eigenvalue weighted by atomic mass is 9.89. The first-order chi connectivity index (χ1) is 14.5. The Hall–Kier alpha value is -1.67. The third-order valence-corrected chi connectivity index (χ3v) is 14.4. The normalized spacial score (nSPS) is 19.6. The molecule has 2 nitrogen and oxygen atoms in total. The monoisotopic (exact) mass is 452 g/mol. The lowest BCUT2D eigenvalue weighted by Crippen LogP contribution is -2.44. The number of rotatable bonds is 6. The molecule has 0 radical (unpaired) electrons. The first kappa shape index (κ1) is 24.0. The van der Waals surface area contributed by atoms with Crippen LogP contribution in [0.15, 0.2) is 84.5 Å².